The van der Waals surface area contributed by atoms with Crippen LogP contribution < -0.4 is 0 Å². The van der Waals surface area contributed by atoms with Gasteiger partial charge in [-0.2, -0.15) is 0 Å². The molecular formula is C5H8F2O3. The molecule has 0 saturated carbocycles. The maximum absolute atomic E-state index is 12.8. The number of alkyl halides is 2. The second-order valence-corrected chi connectivity index (χ2v) is 2.38. The van der Waals surface area contributed by atoms with E-state index in [0.29, 0.717) is 0 Å². The Labute approximate surface area is 56.5 Å². The summed E-state index contributed by atoms with van der Waals surface area (Å²) in [6.07, 6.45) is 0. The molecule has 1 heterocycles. The zero-order valence-corrected chi connectivity index (χ0v) is 5.60. The summed E-state index contributed by atoms with van der Waals surface area (Å²) in [5.74, 6) is -5.15. The van der Waals surface area contributed by atoms with Crippen LogP contribution in [0.5, 0.6) is 0 Å². The summed E-state index contributed by atoms with van der Waals surface area (Å²) in [6.45, 7) is -0.114. The molecule has 1 N–H and O–H groups in total. The Hall–Kier alpha value is -0.260. The van der Waals surface area contributed by atoms with Crippen molar-refractivity contribution in [1.82, 2.24) is 0 Å². The number of aliphatic hydroxyl groups excluding tert-OH is 1. The molecule has 1 fully saturated rings. The van der Waals surface area contributed by atoms with Gasteiger partial charge in [0.1, 0.15) is 0 Å². The van der Waals surface area contributed by atoms with Gasteiger partial charge in [-0.25, -0.2) is 8.78 Å². The highest BCUT2D eigenvalue weighted by atomic mass is 19.2. The number of hydrogen-bond donors (Lipinski definition) is 1. The predicted octanol–water partition coefficient (Wildman–Crippen LogP) is 0.680. The van der Waals surface area contributed by atoms with E-state index in [0.717, 1.165) is 13.8 Å². The molecule has 0 aromatic carbocycles. The lowest BCUT2D eigenvalue weighted by atomic mass is 10.2. The molecule has 0 aromatic heterocycles. The number of hydrogen-bond acceptors (Lipinski definition) is 3. The van der Waals surface area contributed by atoms with Crippen LogP contribution in [0.4, 0.5) is 8.78 Å². The van der Waals surface area contributed by atoms with E-state index < -0.39 is 18.2 Å². The first kappa shape index (κ1) is 7.84. The number of ether oxygens (including phenoxy) is 2. The highest BCUT2D eigenvalue weighted by molar-refractivity contribution is 4.82. The summed E-state index contributed by atoms with van der Waals surface area (Å²) < 4.78 is 33.6. The van der Waals surface area contributed by atoms with E-state index in [2.05, 4.69) is 9.47 Å². The molecule has 5 heteroatoms. The fraction of sp³-hybridized carbons (Fsp3) is 1.00. The van der Waals surface area contributed by atoms with Gasteiger partial charge in [-0.15, -0.1) is 0 Å². The highest BCUT2D eigenvalue weighted by Crippen LogP contribution is 2.40. The lowest BCUT2D eigenvalue weighted by Crippen LogP contribution is -2.39. The maximum atomic E-state index is 12.8. The van der Waals surface area contributed by atoms with Crippen molar-refractivity contribution in [3.8, 4) is 0 Å². The SMILES string of the molecule is CC1(F)OC(O)OC1(C)F. The van der Waals surface area contributed by atoms with Gasteiger partial charge < -0.3 is 5.11 Å². The van der Waals surface area contributed by atoms with E-state index in [1.54, 1.807) is 0 Å². The second kappa shape index (κ2) is 1.87. The molecule has 0 bridgehead atoms. The van der Waals surface area contributed by atoms with Gasteiger partial charge in [0.25, 0.3) is 18.2 Å². The van der Waals surface area contributed by atoms with Gasteiger partial charge in [-0.05, 0) is 0 Å². The van der Waals surface area contributed by atoms with E-state index in [9.17, 15) is 8.78 Å². The van der Waals surface area contributed by atoms with Gasteiger partial charge in [-0.1, -0.05) is 0 Å². The van der Waals surface area contributed by atoms with Gasteiger partial charge in [0.2, 0.25) is 0 Å². The highest BCUT2D eigenvalue weighted by Gasteiger charge is 2.57. The Morgan fingerprint density at radius 2 is 1.50 bits per heavy atom. The minimum atomic E-state index is -2.58. The minimum Gasteiger partial charge on any atom is -0.346 e. The van der Waals surface area contributed by atoms with Gasteiger partial charge in [0.15, 0.2) is 0 Å². The minimum absolute atomic E-state index is 0.850. The second-order valence-electron chi connectivity index (χ2n) is 2.38. The molecule has 1 rings (SSSR count). The monoisotopic (exact) mass is 154 g/mol. The average molecular weight is 154 g/mol. The maximum Gasteiger partial charge on any atom is 0.274 e. The van der Waals surface area contributed by atoms with Crippen molar-refractivity contribution >= 4 is 0 Å². The first-order valence-electron chi connectivity index (χ1n) is 2.77. The van der Waals surface area contributed by atoms with Gasteiger partial charge in [-0.3, -0.25) is 9.47 Å². The summed E-state index contributed by atoms with van der Waals surface area (Å²) >= 11 is 0. The van der Waals surface area contributed by atoms with Crippen LogP contribution in [0.15, 0.2) is 0 Å². The third-order valence-corrected chi connectivity index (χ3v) is 1.44. The molecule has 1 aliphatic rings. The lowest BCUT2D eigenvalue weighted by Gasteiger charge is -2.20. The van der Waals surface area contributed by atoms with Gasteiger partial charge in [0.05, 0.1) is 0 Å². The van der Waals surface area contributed by atoms with E-state index in [1.807, 2.05) is 0 Å². The molecule has 0 spiro atoms. The lowest BCUT2D eigenvalue weighted by molar-refractivity contribution is -0.242. The molecule has 1 aliphatic heterocycles. The first-order valence-corrected chi connectivity index (χ1v) is 2.77. The molecule has 1 saturated heterocycles. The van der Waals surface area contributed by atoms with Crippen LogP contribution >= 0.6 is 0 Å². The molecule has 3 nitrogen and oxygen atoms in total. The van der Waals surface area contributed by atoms with Crippen molar-refractivity contribution in [2.75, 3.05) is 0 Å². The largest absolute Gasteiger partial charge is 0.346 e. The van der Waals surface area contributed by atoms with Crippen LogP contribution in [0.25, 0.3) is 0 Å². The molecule has 0 aliphatic carbocycles. The van der Waals surface area contributed by atoms with Crippen LogP contribution in [0.2, 0.25) is 0 Å². The molecule has 60 valence electrons. The third kappa shape index (κ3) is 1.00. The molecule has 0 amide bonds. The van der Waals surface area contributed by atoms with E-state index in [4.69, 9.17) is 5.11 Å². The van der Waals surface area contributed by atoms with E-state index in [1.165, 1.54) is 0 Å². The van der Waals surface area contributed by atoms with Crippen molar-refractivity contribution in [1.29, 1.82) is 0 Å². The van der Waals surface area contributed by atoms with E-state index in [-0.39, 0.29) is 0 Å². The average Bonchev–Trinajstić information content (AvgIpc) is 1.73. The Morgan fingerprint density at radius 3 is 1.60 bits per heavy atom. The summed E-state index contributed by atoms with van der Waals surface area (Å²) in [5.41, 5.74) is 0. The van der Waals surface area contributed by atoms with E-state index >= 15 is 0 Å². The topological polar surface area (TPSA) is 38.7 Å². The summed E-state index contributed by atoms with van der Waals surface area (Å²) in [6, 6.07) is 0. The quantitative estimate of drug-likeness (QED) is 0.557. The molecule has 2 unspecified atom stereocenters. The normalized spacial score (nSPS) is 55.5. The zero-order chi connectivity index (χ0) is 7.99. The van der Waals surface area contributed by atoms with Gasteiger partial charge >= 0.3 is 0 Å². The molecule has 0 aromatic rings. The summed E-state index contributed by atoms with van der Waals surface area (Å²) in [4.78, 5) is 0. The van der Waals surface area contributed by atoms with Crippen molar-refractivity contribution in [2.24, 2.45) is 0 Å². The number of aliphatic hydroxyl groups is 1. The number of rotatable bonds is 0. The summed E-state index contributed by atoms with van der Waals surface area (Å²) in [7, 11) is 0. The Kier molecular flexibility index (Phi) is 1.47. The van der Waals surface area contributed by atoms with Crippen LogP contribution in [0.3, 0.4) is 0 Å². The Bertz CT molecular complexity index is 130. The first-order chi connectivity index (χ1) is 4.35. The smallest absolute Gasteiger partial charge is 0.274 e. The molecular weight excluding hydrogens is 146 g/mol. The Morgan fingerprint density at radius 1 is 1.20 bits per heavy atom. The predicted molar refractivity (Wildman–Crippen MR) is 27.2 cm³/mol. The van der Waals surface area contributed by atoms with Crippen molar-refractivity contribution < 1.29 is 23.4 Å². The molecule has 2 atom stereocenters. The van der Waals surface area contributed by atoms with Crippen molar-refractivity contribution in [3.63, 3.8) is 0 Å². The number of halogens is 2. The fourth-order valence-corrected chi connectivity index (χ4v) is 0.613. The standard InChI is InChI=1S/C5H8F2O3/c1-4(6)5(2,7)10-3(8)9-4/h3,8H,1-2H3. The Balaban J connectivity index is 2.78. The van der Waals surface area contributed by atoms with Gasteiger partial charge in [0, 0.05) is 13.8 Å². The van der Waals surface area contributed by atoms with Crippen LogP contribution in [0, 0.1) is 0 Å². The third-order valence-electron chi connectivity index (χ3n) is 1.44. The van der Waals surface area contributed by atoms with Crippen LogP contribution in [-0.4, -0.2) is 23.3 Å². The van der Waals surface area contributed by atoms with Crippen LogP contribution in [-0.2, 0) is 9.47 Å². The van der Waals surface area contributed by atoms with Crippen molar-refractivity contribution in [3.05, 3.63) is 0 Å². The summed E-state index contributed by atoms with van der Waals surface area (Å²) in [5, 5.41) is 8.48. The molecule has 10 heavy (non-hydrogen) atoms. The van der Waals surface area contributed by atoms with Crippen LogP contribution in [0.1, 0.15) is 13.8 Å². The molecule has 0 radical (unpaired) electrons. The van der Waals surface area contributed by atoms with Crippen molar-refractivity contribution in [2.45, 2.75) is 32.0 Å². The zero-order valence-electron chi connectivity index (χ0n) is 5.60. The fourth-order valence-electron chi connectivity index (χ4n) is 0.613.